The minimum absolute atomic E-state index is 0.177. The minimum Gasteiger partial charge on any atom is -0.453 e. The molecule has 3 rings (SSSR count). The molecule has 2 aromatic heterocycles. The fraction of sp³-hybridized carbons (Fsp3) is 0.188. The Morgan fingerprint density at radius 1 is 1.17 bits per heavy atom. The number of carbonyl (C=O) groups excluding carboxylic acids is 2. The molecule has 8 heteroatoms. The van der Waals surface area contributed by atoms with E-state index in [9.17, 15) is 9.59 Å². The van der Waals surface area contributed by atoms with Gasteiger partial charge in [0.1, 0.15) is 4.83 Å². The van der Waals surface area contributed by atoms with Gasteiger partial charge in [-0.05, 0) is 37.3 Å². The number of hydrogen-bond donors (Lipinski definition) is 2. The van der Waals surface area contributed by atoms with Gasteiger partial charge in [0.2, 0.25) is 0 Å². The van der Waals surface area contributed by atoms with Crippen molar-refractivity contribution in [1.82, 2.24) is 9.78 Å². The SMILES string of the molecule is COC(=O)Nc1ccc(NC(=O)c2cc3c(C)nn(C)c3s2)cc1. The Balaban J connectivity index is 1.73. The molecule has 0 spiro atoms. The van der Waals surface area contributed by atoms with Crippen molar-refractivity contribution in [2.45, 2.75) is 6.92 Å². The van der Waals surface area contributed by atoms with Crippen LogP contribution in [0.1, 0.15) is 15.4 Å². The van der Waals surface area contributed by atoms with Crippen molar-refractivity contribution < 1.29 is 14.3 Å². The number of nitrogens with one attached hydrogen (secondary N) is 2. The third-order valence-corrected chi connectivity index (χ3v) is 4.70. The molecule has 1 aromatic carbocycles. The Labute approximate surface area is 142 Å². The van der Waals surface area contributed by atoms with E-state index in [4.69, 9.17) is 0 Å². The summed E-state index contributed by atoms with van der Waals surface area (Å²) in [6.45, 7) is 1.92. The number of aromatic nitrogens is 2. The number of anilines is 2. The summed E-state index contributed by atoms with van der Waals surface area (Å²) < 4.78 is 6.30. The van der Waals surface area contributed by atoms with Gasteiger partial charge >= 0.3 is 6.09 Å². The van der Waals surface area contributed by atoms with Crippen LogP contribution in [0.4, 0.5) is 16.2 Å². The summed E-state index contributed by atoms with van der Waals surface area (Å²) in [5.41, 5.74) is 2.13. The number of amides is 2. The largest absolute Gasteiger partial charge is 0.453 e. The van der Waals surface area contributed by atoms with Crippen LogP contribution in [0.15, 0.2) is 30.3 Å². The van der Waals surface area contributed by atoms with Gasteiger partial charge in [0.15, 0.2) is 0 Å². The summed E-state index contributed by atoms with van der Waals surface area (Å²) in [5.74, 6) is -0.177. The lowest BCUT2D eigenvalue weighted by Gasteiger charge is -2.06. The molecule has 0 saturated carbocycles. The molecule has 0 aliphatic heterocycles. The van der Waals surface area contributed by atoms with Gasteiger partial charge in [-0.1, -0.05) is 0 Å². The highest BCUT2D eigenvalue weighted by Crippen LogP contribution is 2.28. The topological polar surface area (TPSA) is 85.2 Å². The van der Waals surface area contributed by atoms with Crippen LogP contribution >= 0.6 is 11.3 Å². The molecular weight excluding hydrogens is 328 g/mol. The zero-order chi connectivity index (χ0) is 17.3. The summed E-state index contributed by atoms with van der Waals surface area (Å²) >= 11 is 1.40. The van der Waals surface area contributed by atoms with Crippen LogP contribution in [0.25, 0.3) is 10.2 Å². The molecule has 0 fully saturated rings. The van der Waals surface area contributed by atoms with Crippen molar-refractivity contribution in [3.63, 3.8) is 0 Å². The summed E-state index contributed by atoms with van der Waals surface area (Å²) in [6, 6.07) is 8.65. The zero-order valence-corrected chi connectivity index (χ0v) is 14.2. The second kappa shape index (κ2) is 6.32. The molecule has 0 bridgehead atoms. The molecule has 0 atom stereocenters. The fourth-order valence-electron chi connectivity index (χ4n) is 2.32. The van der Waals surface area contributed by atoms with Gasteiger partial charge < -0.3 is 10.1 Å². The number of fused-ring (bicyclic) bond motifs is 1. The third kappa shape index (κ3) is 3.09. The lowest BCUT2D eigenvalue weighted by Crippen LogP contribution is -2.12. The molecule has 0 unspecified atom stereocenters. The smallest absolute Gasteiger partial charge is 0.411 e. The van der Waals surface area contributed by atoms with E-state index in [0.717, 1.165) is 15.9 Å². The van der Waals surface area contributed by atoms with Crippen molar-refractivity contribution in [2.75, 3.05) is 17.7 Å². The number of rotatable bonds is 3. The van der Waals surface area contributed by atoms with Crippen LogP contribution in [0.5, 0.6) is 0 Å². The van der Waals surface area contributed by atoms with E-state index in [1.54, 1.807) is 28.9 Å². The molecule has 2 amide bonds. The Hall–Kier alpha value is -2.87. The third-order valence-electron chi connectivity index (χ3n) is 3.49. The van der Waals surface area contributed by atoms with Crippen molar-refractivity contribution in [2.24, 2.45) is 7.05 Å². The lowest BCUT2D eigenvalue weighted by atomic mass is 10.2. The highest BCUT2D eigenvalue weighted by Gasteiger charge is 2.15. The van der Waals surface area contributed by atoms with E-state index in [0.29, 0.717) is 16.3 Å². The first-order chi connectivity index (χ1) is 11.5. The molecule has 0 radical (unpaired) electrons. The number of ether oxygens (including phenoxy) is 1. The Bertz CT molecular complexity index is 877. The number of methoxy groups -OCH3 is 1. The summed E-state index contributed by atoms with van der Waals surface area (Å²) in [6.07, 6.45) is -0.541. The van der Waals surface area contributed by atoms with Gasteiger partial charge in [-0.3, -0.25) is 14.8 Å². The van der Waals surface area contributed by atoms with Crippen molar-refractivity contribution in [1.29, 1.82) is 0 Å². The second-order valence-electron chi connectivity index (χ2n) is 5.19. The number of thiophene rings is 1. The first kappa shape index (κ1) is 16.0. The average Bonchev–Trinajstić information content (AvgIpc) is 3.11. The van der Waals surface area contributed by atoms with Crippen molar-refractivity contribution >= 4 is 44.9 Å². The van der Waals surface area contributed by atoms with Gasteiger partial charge in [-0.15, -0.1) is 11.3 Å². The highest BCUT2D eigenvalue weighted by molar-refractivity contribution is 7.20. The number of benzene rings is 1. The van der Waals surface area contributed by atoms with E-state index < -0.39 is 6.09 Å². The molecule has 24 heavy (non-hydrogen) atoms. The number of nitrogens with zero attached hydrogens (tertiary/aromatic N) is 2. The minimum atomic E-state index is -0.541. The van der Waals surface area contributed by atoms with Crippen LogP contribution in [0.2, 0.25) is 0 Å². The normalized spacial score (nSPS) is 10.6. The lowest BCUT2D eigenvalue weighted by molar-refractivity contribution is 0.103. The Morgan fingerprint density at radius 2 is 1.79 bits per heavy atom. The predicted octanol–water partition coefficient (Wildman–Crippen LogP) is 3.37. The van der Waals surface area contributed by atoms with Gasteiger partial charge in [0, 0.05) is 23.8 Å². The maximum absolute atomic E-state index is 12.4. The number of hydrogen-bond acceptors (Lipinski definition) is 5. The first-order valence-corrected chi connectivity index (χ1v) is 7.99. The van der Waals surface area contributed by atoms with Gasteiger partial charge in [-0.25, -0.2) is 4.79 Å². The quantitative estimate of drug-likeness (QED) is 0.763. The van der Waals surface area contributed by atoms with Crippen molar-refractivity contribution in [3.05, 3.63) is 40.9 Å². The van der Waals surface area contributed by atoms with Crippen LogP contribution in [0, 0.1) is 6.92 Å². The highest BCUT2D eigenvalue weighted by atomic mass is 32.1. The monoisotopic (exact) mass is 344 g/mol. The molecular formula is C16H16N4O3S. The summed E-state index contributed by atoms with van der Waals surface area (Å²) in [4.78, 5) is 25.1. The maximum Gasteiger partial charge on any atom is 0.411 e. The van der Waals surface area contributed by atoms with Gasteiger partial charge in [-0.2, -0.15) is 5.10 Å². The van der Waals surface area contributed by atoms with E-state index >= 15 is 0 Å². The maximum atomic E-state index is 12.4. The van der Waals surface area contributed by atoms with Gasteiger partial charge in [0.25, 0.3) is 5.91 Å². The van der Waals surface area contributed by atoms with Crippen molar-refractivity contribution in [3.8, 4) is 0 Å². The fourth-order valence-corrected chi connectivity index (χ4v) is 3.33. The number of carbonyl (C=O) groups is 2. The molecule has 0 aliphatic carbocycles. The Kier molecular flexibility index (Phi) is 4.22. The standard InChI is InChI=1S/C16H16N4O3S/c1-9-12-8-13(24-15(12)20(2)19-9)14(21)17-10-4-6-11(7-5-10)18-16(22)23-3/h4-8H,1-3H3,(H,17,21)(H,18,22). The van der Waals surface area contributed by atoms with Crippen LogP contribution in [-0.4, -0.2) is 28.9 Å². The average molecular weight is 344 g/mol. The Morgan fingerprint density at radius 3 is 2.38 bits per heavy atom. The van der Waals surface area contributed by atoms with E-state index in [-0.39, 0.29) is 5.91 Å². The first-order valence-electron chi connectivity index (χ1n) is 7.17. The molecule has 0 saturated heterocycles. The number of aryl methyl sites for hydroxylation is 2. The van der Waals surface area contributed by atoms with E-state index in [1.165, 1.54) is 18.4 Å². The van der Waals surface area contributed by atoms with Gasteiger partial charge in [0.05, 0.1) is 17.7 Å². The van der Waals surface area contributed by atoms with Crippen LogP contribution in [-0.2, 0) is 11.8 Å². The summed E-state index contributed by atoms with van der Waals surface area (Å²) in [7, 11) is 3.16. The molecule has 2 heterocycles. The summed E-state index contributed by atoms with van der Waals surface area (Å²) in [5, 5.41) is 10.7. The van der Waals surface area contributed by atoms with E-state index in [1.807, 2.05) is 20.0 Å². The van der Waals surface area contributed by atoms with Crippen LogP contribution < -0.4 is 10.6 Å². The molecule has 124 valence electrons. The predicted molar refractivity (Wildman–Crippen MR) is 93.8 cm³/mol. The molecule has 2 N–H and O–H groups in total. The molecule has 0 aliphatic rings. The van der Waals surface area contributed by atoms with Crippen LogP contribution in [0.3, 0.4) is 0 Å². The second-order valence-corrected chi connectivity index (χ2v) is 6.22. The zero-order valence-electron chi connectivity index (χ0n) is 13.4. The molecule has 7 nitrogen and oxygen atoms in total. The molecule has 3 aromatic rings. The van der Waals surface area contributed by atoms with E-state index in [2.05, 4.69) is 20.5 Å².